The highest BCUT2D eigenvalue weighted by Gasteiger charge is 2.27. The lowest BCUT2D eigenvalue weighted by Gasteiger charge is -2.22. The van der Waals surface area contributed by atoms with Crippen LogP contribution in [0.2, 0.25) is 0 Å². The molecule has 3 aromatic rings. The number of carbonyl (C=O) groups is 1. The largest absolute Gasteiger partial charge is 0.347 e. The Balaban J connectivity index is 1.43. The monoisotopic (exact) mass is 478 g/mol. The summed E-state index contributed by atoms with van der Waals surface area (Å²) in [6.07, 6.45) is 7.95. The van der Waals surface area contributed by atoms with E-state index in [0.29, 0.717) is 18.2 Å². The van der Waals surface area contributed by atoms with Gasteiger partial charge in [0.1, 0.15) is 22.2 Å². The molecule has 176 valence electrons. The number of halogens is 1. The average molecular weight is 479 g/mol. The van der Waals surface area contributed by atoms with Crippen LogP contribution >= 0.6 is 11.3 Å². The minimum Gasteiger partial charge on any atom is -0.347 e. The van der Waals surface area contributed by atoms with Gasteiger partial charge in [0.15, 0.2) is 0 Å². The number of carbonyl (C=O) groups excluding carboxylic acids is 1. The Bertz CT molecular complexity index is 1210. The summed E-state index contributed by atoms with van der Waals surface area (Å²) >= 11 is 1.43. The lowest BCUT2D eigenvalue weighted by Crippen LogP contribution is -2.27. The van der Waals surface area contributed by atoms with Crippen LogP contribution in [-0.4, -0.2) is 53.5 Å². The molecule has 0 radical (unpaired) electrons. The van der Waals surface area contributed by atoms with Crippen LogP contribution < -0.4 is 10.6 Å². The first kappa shape index (κ1) is 22.6. The first-order chi connectivity index (χ1) is 16.7. The maximum Gasteiger partial charge on any atom is 0.271 e. The molecule has 1 aromatic carbocycles. The molecular formula is C25H27FN6OS. The third-order valence-electron chi connectivity index (χ3n) is 6.22. The molecule has 4 heterocycles. The molecular weight excluding hydrogens is 451 g/mol. The van der Waals surface area contributed by atoms with Gasteiger partial charge in [0.25, 0.3) is 5.91 Å². The van der Waals surface area contributed by atoms with E-state index in [1.807, 2.05) is 6.21 Å². The molecule has 9 heteroatoms. The molecule has 0 aliphatic carbocycles. The summed E-state index contributed by atoms with van der Waals surface area (Å²) in [4.78, 5) is 21.9. The van der Waals surface area contributed by atoms with Crippen LogP contribution in [0.1, 0.15) is 47.8 Å². The quantitative estimate of drug-likeness (QED) is 0.492. The van der Waals surface area contributed by atoms with Crippen LogP contribution in [0.15, 0.2) is 46.3 Å². The molecule has 1 saturated heterocycles. The van der Waals surface area contributed by atoms with Gasteiger partial charge in [-0.3, -0.25) is 14.9 Å². The summed E-state index contributed by atoms with van der Waals surface area (Å²) in [7, 11) is 0. The normalized spacial score (nSPS) is 16.8. The fourth-order valence-electron chi connectivity index (χ4n) is 4.38. The fraction of sp³-hybridized carbons (Fsp3) is 0.360. The Morgan fingerprint density at radius 2 is 2.03 bits per heavy atom. The van der Waals surface area contributed by atoms with Crippen molar-refractivity contribution in [3.8, 4) is 21.8 Å². The number of rotatable bonds is 6. The van der Waals surface area contributed by atoms with E-state index < -0.39 is 0 Å². The molecule has 0 atom stereocenters. The lowest BCUT2D eigenvalue weighted by molar-refractivity contribution is 0.0953. The van der Waals surface area contributed by atoms with E-state index in [1.54, 1.807) is 17.5 Å². The highest BCUT2D eigenvalue weighted by atomic mass is 32.1. The molecule has 2 aromatic heterocycles. The Labute approximate surface area is 201 Å². The van der Waals surface area contributed by atoms with Crippen LogP contribution in [0.3, 0.4) is 0 Å². The second-order valence-electron chi connectivity index (χ2n) is 8.57. The number of aliphatic imine (C=N–C) groups is 1. The molecule has 1 amide bonds. The second-order valence-corrected chi connectivity index (χ2v) is 9.43. The highest BCUT2D eigenvalue weighted by molar-refractivity contribution is 7.13. The second kappa shape index (κ2) is 10.4. The zero-order valence-corrected chi connectivity index (χ0v) is 19.6. The number of H-pyrrole nitrogens is 1. The maximum atomic E-state index is 13.5. The maximum absolute atomic E-state index is 13.5. The van der Waals surface area contributed by atoms with E-state index in [4.69, 9.17) is 4.98 Å². The summed E-state index contributed by atoms with van der Waals surface area (Å²) in [6.45, 7) is 3.14. The molecule has 0 unspecified atom stereocenters. The fourth-order valence-corrected chi connectivity index (χ4v) is 5.24. The Kier molecular flexibility index (Phi) is 6.92. The highest BCUT2D eigenvalue weighted by Crippen LogP contribution is 2.40. The minimum absolute atomic E-state index is 0.212. The Morgan fingerprint density at radius 1 is 1.21 bits per heavy atom. The van der Waals surface area contributed by atoms with E-state index in [1.165, 1.54) is 23.5 Å². The molecule has 34 heavy (non-hydrogen) atoms. The number of nitrogens with zero attached hydrogens (tertiary/aromatic N) is 3. The van der Waals surface area contributed by atoms with E-state index in [2.05, 4.69) is 31.9 Å². The van der Waals surface area contributed by atoms with Crippen molar-refractivity contribution in [1.82, 2.24) is 25.8 Å². The van der Waals surface area contributed by atoms with Crippen molar-refractivity contribution in [3.05, 3.63) is 58.5 Å². The van der Waals surface area contributed by atoms with Gasteiger partial charge in [-0.05, 0) is 68.6 Å². The predicted octanol–water partition coefficient (Wildman–Crippen LogP) is 4.33. The number of hydrogen-bond acceptors (Lipinski definition) is 6. The topological polar surface area (TPSA) is 95.1 Å². The summed E-state index contributed by atoms with van der Waals surface area (Å²) < 4.78 is 13.5. The molecule has 7 nitrogen and oxygen atoms in total. The van der Waals surface area contributed by atoms with Crippen LogP contribution in [0.5, 0.6) is 0 Å². The summed E-state index contributed by atoms with van der Waals surface area (Å²) in [5.41, 5.74) is 4.88. The van der Waals surface area contributed by atoms with Crippen molar-refractivity contribution in [2.24, 2.45) is 4.99 Å². The Hall–Kier alpha value is -3.17. The van der Waals surface area contributed by atoms with Crippen LogP contribution in [0.4, 0.5) is 4.39 Å². The third kappa shape index (κ3) is 5.00. The number of hydrogen-bond donors (Lipinski definition) is 3. The molecule has 1 fully saturated rings. The molecule has 2 aliphatic heterocycles. The van der Waals surface area contributed by atoms with Crippen molar-refractivity contribution in [2.75, 3.05) is 26.2 Å². The number of piperidine rings is 1. The summed E-state index contributed by atoms with van der Waals surface area (Å²) in [5.74, 6) is -0.182. The number of aromatic amines is 1. The van der Waals surface area contributed by atoms with E-state index in [9.17, 15) is 9.18 Å². The van der Waals surface area contributed by atoms with Crippen molar-refractivity contribution >= 4 is 23.5 Å². The SMILES string of the molecule is O=C(NCC1=CCCCN=C1)c1csc(-c2c(-c3ccc(F)cc3)n[nH]c2C2CCNCC2)n1. The molecule has 0 bridgehead atoms. The molecule has 5 rings (SSSR count). The van der Waals surface area contributed by atoms with Crippen molar-refractivity contribution < 1.29 is 9.18 Å². The van der Waals surface area contributed by atoms with Gasteiger partial charge in [-0.15, -0.1) is 11.3 Å². The number of allylic oxidation sites excluding steroid dienone is 1. The van der Waals surface area contributed by atoms with E-state index in [0.717, 1.165) is 78.4 Å². The Morgan fingerprint density at radius 3 is 2.85 bits per heavy atom. The van der Waals surface area contributed by atoms with Crippen molar-refractivity contribution in [2.45, 2.75) is 31.6 Å². The summed E-state index contributed by atoms with van der Waals surface area (Å²) in [5, 5.41) is 16.7. The van der Waals surface area contributed by atoms with Crippen LogP contribution in [-0.2, 0) is 0 Å². The summed E-state index contributed by atoms with van der Waals surface area (Å²) in [6, 6.07) is 6.32. The minimum atomic E-state index is -0.290. The molecule has 0 saturated carbocycles. The number of nitrogens with one attached hydrogen (secondary N) is 3. The van der Waals surface area contributed by atoms with Gasteiger partial charge in [-0.25, -0.2) is 9.37 Å². The van der Waals surface area contributed by atoms with Crippen molar-refractivity contribution in [3.63, 3.8) is 0 Å². The van der Waals surface area contributed by atoms with Gasteiger partial charge in [0.2, 0.25) is 0 Å². The van der Waals surface area contributed by atoms with Crippen molar-refractivity contribution in [1.29, 1.82) is 0 Å². The van der Waals surface area contributed by atoms with Gasteiger partial charge in [-0.2, -0.15) is 5.10 Å². The van der Waals surface area contributed by atoms with Gasteiger partial charge in [0.05, 0.1) is 5.56 Å². The molecule has 2 aliphatic rings. The van der Waals surface area contributed by atoms with Crippen LogP contribution in [0.25, 0.3) is 21.8 Å². The first-order valence-corrected chi connectivity index (χ1v) is 12.5. The van der Waals surface area contributed by atoms with Gasteiger partial charge in [0, 0.05) is 41.9 Å². The average Bonchev–Trinajstić information content (AvgIpc) is 3.45. The van der Waals surface area contributed by atoms with E-state index in [-0.39, 0.29) is 11.7 Å². The zero-order valence-electron chi connectivity index (χ0n) is 18.8. The van der Waals surface area contributed by atoms with Gasteiger partial charge >= 0.3 is 0 Å². The molecule has 0 spiro atoms. The lowest BCUT2D eigenvalue weighted by atomic mass is 9.91. The smallest absolute Gasteiger partial charge is 0.271 e. The van der Waals surface area contributed by atoms with Gasteiger partial charge < -0.3 is 10.6 Å². The number of thiazole rings is 1. The third-order valence-corrected chi connectivity index (χ3v) is 7.08. The first-order valence-electron chi connectivity index (χ1n) is 11.7. The zero-order chi connectivity index (χ0) is 23.3. The number of aromatic nitrogens is 3. The predicted molar refractivity (Wildman–Crippen MR) is 133 cm³/mol. The standard InChI is InChI=1S/C25H27FN6OS/c26-19-6-4-17(5-7-19)22-21(23(32-31-22)18-8-11-27-12-9-18)25-30-20(15-34-25)24(33)29-14-16-3-1-2-10-28-13-16/h3-7,13,15,18,27H,1-2,8-12,14H2,(H,29,33)(H,31,32). The van der Waals surface area contributed by atoms with Crippen LogP contribution in [0, 0.1) is 5.82 Å². The van der Waals surface area contributed by atoms with Gasteiger partial charge in [-0.1, -0.05) is 6.08 Å². The molecule has 3 N–H and O–H groups in total. The number of amides is 1. The number of benzene rings is 1. The van der Waals surface area contributed by atoms with E-state index >= 15 is 0 Å².